The molecule has 0 saturated heterocycles. The van der Waals surface area contributed by atoms with Gasteiger partial charge in [-0.1, -0.05) is 13.0 Å². The molecule has 1 heterocycles. The molecule has 0 atom stereocenters. The number of nitrogens with zero attached hydrogens (tertiary/aromatic N) is 2. The lowest BCUT2D eigenvalue weighted by Crippen LogP contribution is -2.04. The van der Waals surface area contributed by atoms with Gasteiger partial charge >= 0.3 is 0 Å². The van der Waals surface area contributed by atoms with Crippen molar-refractivity contribution in [2.75, 3.05) is 5.73 Å². The van der Waals surface area contributed by atoms with Crippen LogP contribution in [0.1, 0.15) is 31.2 Å². The monoisotopic (exact) mass is 251 g/mol. The maximum Gasteiger partial charge on any atom is 0.263 e. The Hall–Kier alpha value is -1.91. The summed E-state index contributed by atoms with van der Waals surface area (Å²) in [7, 11) is 0. The van der Waals surface area contributed by atoms with Crippen LogP contribution in [-0.4, -0.2) is 9.55 Å². The number of anilines is 1. The van der Waals surface area contributed by atoms with Gasteiger partial charge in [0.25, 0.3) is 6.43 Å². The van der Waals surface area contributed by atoms with Crippen LogP contribution < -0.4 is 5.73 Å². The number of alkyl halides is 2. The first-order chi connectivity index (χ1) is 8.63. The fourth-order valence-corrected chi connectivity index (χ4v) is 1.89. The van der Waals surface area contributed by atoms with Crippen LogP contribution in [0.3, 0.4) is 0 Å². The average molecular weight is 251 g/mol. The second-order valence-electron chi connectivity index (χ2n) is 4.08. The lowest BCUT2D eigenvalue weighted by Gasteiger charge is -2.11. The summed E-state index contributed by atoms with van der Waals surface area (Å²) in [6.07, 6.45) is 2.76. The molecule has 0 aliphatic rings. The molecule has 0 aliphatic heterocycles. The van der Waals surface area contributed by atoms with Gasteiger partial charge in [0.15, 0.2) is 0 Å². The van der Waals surface area contributed by atoms with Crippen LogP contribution in [-0.2, 0) is 6.42 Å². The van der Waals surface area contributed by atoms with Gasteiger partial charge in [-0.2, -0.15) is 0 Å². The van der Waals surface area contributed by atoms with E-state index in [0.29, 0.717) is 11.4 Å². The van der Waals surface area contributed by atoms with Gasteiger partial charge in [0, 0.05) is 24.4 Å². The van der Waals surface area contributed by atoms with Crippen molar-refractivity contribution < 1.29 is 8.78 Å². The van der Waals surface area contributed by atoms with E-state index in [-0.39, 0.29) is 5.56 Å². The second-order valence-corrected chi connectivity index (χ2v) is 4.08. The summed E-state index contributed by atoms with van der Waals surface area (Å²) in [4.78, 5) is 4.24. The Morgan fingerprint density at radius 1 is 1.39 bits per heavy atom. The highest BCUT2D eigenvalue weighted by atomic mass is 19.3. The van der Waals surface area contributed by atoms with E-state index in [0.717, 1.165) is 18.7 Å². The summed E-state index contributed by atoms with van der Waals surface area (Å²) < 4.78 is 26.9. The lowest BCUT2D eigenvalue weighted by molar-refractivity contribution is 0.151. The minimum absolute atomic E-state index is 0.0617. The molecule has 1 aromatic heterocycles. The average Bonchev–Trinajstić information content (AvgIpc) is 2.77. The van der Waals surface area contributed by atoms with Crippen molar-refractivity contribution in [3.63, 3.8) is 0 Å². The number of imidazole rings is 1. The zero-order chi connectivity index (χ0) is 13.1. The van der Waals surface area contributed by atoms with Crippen molar-refractivity contribution in [1.82, 2.24) is 9.55 Å². The number of benzene rings is 1. The first-order valence-electron chi connectivity index (χ1n) is 5.83. The van der Waals surface area contributed by atoms with E-state index >= 15 is 0 Å². The Balaban J connectivity index is 2.41. The first-order valence-corrected chi connectivity index (χ1v) is 5.83. The molecule has 96 valence electrons. The van der Waals surface area contributed by atoms with Crippen LogP contribution in [0, 0.1) is 0 Å². The quantitative estimate of drug-likeness (QED) is 0.847. The summed E-state index contributed by atoms with van der Waals surface area (Å²) >= 11 is 0. The first kappa shape index (κ1) is 12.5. The summed E-state index contributed by atoms with van der Waals surface area (Å²) in [5.41, 5.74) is 6.80. The molecule has 0 amide bonds. The molecule has 1 aromatic carbocycles. The van der Waals surface area contributed by atoms with E-state index in [1.165, 1.54) is 12.1 Å². The van der Waals surface area contributed by atoms with E-state index in [9.17, 15) is 8.78 Å². The number of nitrogen functional groups attached to an aromatic ring is 1. The lowest BCUT2D eigenvalue weighted by atomic mass is 10.1. The van der Waals surface area contributed by atoms with Crippen LogP contribution in [0.15, 0.2) is 30.6 Å². The fraction of sp³-hybridized carbons (Fsp3) is 0.308. The van der Waals surface area contributed by atoms with Crippen LogP contribution in [0.5, 0.6) is 0 Å². The van der Waals surface area contributed by atoms with E-state index in [2.05, 4.69) is 11.9 Å². The minimum Gasteiger partial charge on any atom is -0.397 e. The van der Waals surface area contributed by atoms with Gasteiger partial charge in [0.05, 0.1) is 11.4 Å². The van der Waals surface area contributed by atoms with Crippen molar-refractivity contribution in [3.8, 4) is 5.69 Å². The van der Waals surface area contributed by atoms with Crippen molar-refractivity contribution in [3.05, 3.63) is 42.0 Å². The van der Waals surface area contributed by atoms with Crippen molar-refractivity contribution >= 4 is 5.69 Å². The van der Waals surface area contributed by atoms with Crippen molar-refractivity contribution in [2.24, 2.45) is 0 Å². The Labute approximate surface area is 104 Å². The van der Waals surface area contributed by atoms with Crippen LogP contribution >= 0.6 is 0 Å². The summed E-state index contributed by atoms with van der Waals surface area (Å²) in [6, 6.07) is 4.32. The smallest absolute Gasteiger partial charge is 0.263 e. The Bertz CT molecular complexity index is 535. The van der Waals surface area contributed by atoms with Crippen molar-refractivity contribution in [1.29, 1.82) is 0 Å². The van der Waals surface area contributed by atoms with E-state index < -0.39 is 6.43 Å². The molecule has 0 spiro atoms. The molecule has 18 heavy (non-hydrogen) atoms. The number of rotatable bonds is 4. The van der Waals surface area contributed by atoms with Crippen LogP contribution in [0.4, 0.5) is 14.5 Å². The topological polar surface area (TPSA) is 43.8 Å². The van der Waals surface area contributed by atoms with Gasteiger partial charge in [-0.05, 0) is 18.6 Å². The SMILES string of the molecule is CCCc1nccn1-c1ccc(C(F)F)cc1N. The maximum absolute atomic E-state index is 12.5. The Morgan fingerprint density at radius 2 is 2.17 bits per heavy atom. The third-order valence-electron chi connectivity index (χ3n) is 2.75. The number of nitrogens with two attached hydrogens (primary N) is 1. The number of hydrogen-bond donors (Lipinski definition) is 1. The van der Waals surface area contributed by atoms with Gasteiger partial charge in [0.2, 0.25) is 0 Å². The minimum atomic E-state index is -2.50. The zero-order valence-electron chi connectivity index (χ0n) is 10.1. The van der Waals surface area contributed by atoms with Gasteiger partial charge in [0.1, 0.15) is 5.82 Å². The molecule has 0 saturated carbocycles. The van der Waals surface area contributed by atoms with Gasteiger partial charge in [-0.15, -0.1) is 0 Å². The number of aryl methyl sites for hydroxylation is 1. The molecule has 0 bridgehead atoms. The third kappa shape index (κ3) is 2.34. The molecule has 0 aliphatic carbocycles. The summed E-state index contributed by atoms with van der Waals surface area (Å²) in [5, 5.41) is 0. The molecule has 2 rings (SSSR count). The summed E-state index contributed by atoms with van der Waals surface area (Å²) in [6.45, 7) is 2.06. The highest BCUT2D eigenvalue weighted by Gasteiger charge is 2.11. The van der Waals surface area contributed by atoms with E-state index in [1.54, 1.807) is 18.5 Å². The largest absolute Gasteiger partial charge is 0.397 e. The normalized spacial score (nSPS) is 11.1. The van der Waals surface area contributed by atoms with Gasteiger partial charge in [-0.3, -0.25) is 0 Å². The molecule has 2 aromatic rings. The van der Waals surface area contributed by atoms with E-state index in [4.69, 9.17) is 5.73 Å². The predicted molar refractivity (Wildman–Crippen MR) is 66.9 cm³/mol. The molecule has 5 heteroatoms. The maximum atomic E-state index is 12.5. The predicted octanol–water partition coefficient (Wildman–Crippen LogP) is 3.34. The van der Waals surface area contributed by atoms with Crippen LogP contribution in [0.2, 0.25) is 0 Å². The zero-order valence-corrected chi connectivity index (χ0v) is 10.1. The highest BCUT2D eigenvalue weighted by Crippen LogP contribution is 2.26. The number of aromatic nitrogens is 2. The van der Waals surface area contributed by atoms with Crippen LogP contribution in [0.25, 0.3) is 5.69 Å². The van der Waals surface area contributed by atoms with E-state index in [1.807, 2.05) is 4.57 Å². The van der Waals surface area contributed by atoms with Gasteiger partial charge in [-0.25, -0.2) is 13.8 Å². The molecule has 0 fully saturated rings. The standard InChI is InChI=1S/C13H15F2N3/c1-2-3-12-17-6-7-18(12)11-5-4-9(13(14)15)8-10(11)16/h4-8,13H,2-3,16H2,1H3. The molecule has 0 unspecified atom stereocenters. The fourth-order valence-electron chi connectivity index (χ4n) is 1.89. The number of halogens is 2. The Kier molecular flexibility index (Phi) is 3.60. The van der Waals surface area contributed by atoms with Gasteiger partial charge < -0.3 is 10.3 Å². The molecule has 2 N–H and O–H groups in total. The molecule has 3 nitrogen and oxygen atoms in total. The van der Waals surface area contributed by atoms with Crippen molar-refractivity contribution in [2.45, 2.75) is 26.2 Å². The molecular weight excluding hydrogens is 236 g/mol. The molecular formula is C13H15F2N3. The highest BCUT2D eigenvalue weighted by molar-refractivity contribution is 5.59. The number of hydrogen-bond acceptors (Lipinski definition) is 2. The molecule has 0 radical (unpaired) electrons. The third-order valence-corrected chi connectivity index (χ3v) is 2.75. The second kappa shape index (κ2) is 5.16. The summed E-state index contributed by atoms with van der Waals surface area (Å²) in [5.74, 6) is 0.883. The Morgan fingerprint density at radius 3 is 2.78 bits per heavy atom.